The molecular weight excluding hydrogens is 380 g/mol. The van der Waals surface area contributed by atoms with Gasteiger partial charge in [-0.1, -0.05) is 42.2 Å². The lowest BCUT2D eigenvalue weighted by Gasteiger charge is -2.24. The van der Waals surface area contributed by atoms with Gasteiger partial charge in [0.05, 0.1) is 0 Å². The highest BCUT2D eigenvalue weighted by Crippen LogP contribution is 2.28. The van der Waals surface area contributed by atoms with Gasteiger partial charge in [0.15, 0.2) is 12.2 Å². The molecule has 1 unspecified atom stereocenters. The summed E-state index contributed by atoms with van der Waals surface area (Å²) in [7, 11) is 2.92. The summed E-state index contributed by atoms with van der Waals surface area (Å²) in [6.45, 7) is 0.910. The predicted molar refractivity (Wildman–Crippen MR) is 114 cm³/mol. The van der Waals surface area contributed by atoms with E-state index in [4.69, 9.17) is 0 Å². The monoisotopic (exact) mass is 406 g/mol. The molecule has 1 fully saturated rings. The SMILES string of the molecule is CN(C)C(=O)[C@H](O)[C@@H](O)C(=O)N1CCC(c2ccc(C#Cc3ccccc3)cc2)C1. The molecule has 0 aromatic heterocycles. The molecule has 1 heterocycles. The number of amides is 2. The molecule has 2 N–H and O–H groups in total. The van der Waals surface area contributed by atoms with Gasteiger partial charge >= 0.3 is 0 Å². The number of likely N-dealkylation sites (N-methyl/N-ethyl adjacent to an activating group) is 1. The molecule has 2 aromatic rings. The van der Waals surface area contributed by atoms with Gasteiger partial charge in [-0.2, -0.15) is 0 Å². The molecular formula is C24H26N2O4. The summed E-state index contributed by atoms with van der Waals surface area (Å²) in [6, 6.07) is 17.7. The third-order valence-electron chi connectivity index (χ3n) is 5.25. The van der Waals surface area contributed by atoms with Crippen LogP contribution in [0, 0.1) is 11.8 Å². The molecule has 3 atom stereocenters. The molecule has 0 radical (unpaired) electrons. The molecule has 30 heavy (non-hydrogen) atoms. The third kappa shape index (κ3) is 5.07. The van der Waals surface area contributed by atoms with E-state index in [-0.39, 0.29) is 5.92 Å². The topological polar surface area (TPSA) is 81.1 Å². The molecule has 1 aliphatic rings. The van der Waals surface area contributed by atoms with Crippen LogP contribution in [0.3, 0.4) is 0 Å². The van der Waals surface area contributed by atoms with E-state index < -0.39 is 24.0 Å². The Morgan fingerprint density at radius 3 is 2.17 bits per heavy atom. The number of rotatable bonds is 4. The average Bonchev–Trinajstić information content (AvgIpc) is 3.27. The van der Waals surface area contributed by atoms with E-state index >= 15 is 0 Å². The molecule has 156 valence electrons. The highest BCUT2D eigenvalue weighted by Gasteiger charge is 2.37. The minimum absolute atomic E-state index is 0.138. The van der Waals surface area contributed by atoms with Crippen LogP contribution in [0.1, 0.15) is 29.0 Å². The minimum Gasteiger partial charge on any atom is -0.380 e. The van der Waals surface area contributed by atoms with Crippen LogP contribution in [-0.4, -0.2) is 71.2 Å². The normalized spacial score (nSPS) is 17.6. The van der Waals surface area contributed by atoms with Crippen molar-refractivity contribution in [3.05, 3.63) is 71.3 Å². The van der Waals surface area contributed by atoms with E-state index in [0.717, 1.165) is 28.0 Å². The zero-order valence-electron chi connectivity index (χ0n) is 17.2. The fourth-order valence-corrected chi connectivity index (χ4v) is 3.46. The molecule has 0 saturated carbocycles. The first-order valence-corrected chi connectivity index (χ1v) is 9.90. The first kappa shape index (κ1) is 21.6. The maximum Gasteiger partial charge on any atom is 0.254 e. The van der Waals surface area contributed by atoms with Crippen LogP contribution in [0.5, 0.6) is 0 Å². The van der Waals surface area contributed by atoms with Gasteiger partial charge in [0, 0.05) is 44.2 Å². The van der Waals surface area contributed by atoms with E-state index in [9.17, 15) is 19.8 Å². The first-order chi connectivity index (χ1) is 14.4. The van der Waals surface area contributed by atoms with Gasteiger partial charge in [0.25, 0.3) is 11.8 Å². The Morgan fingerprint density at radius 2 is 1.57 bits per heavy atom. The van der Waals surface area contributed by atoms with Crippen LogP contribution >= 0.6 is 0 Å². The van der Waals surface area contributed by atoms with Crippen LogP contribution in [0.25, 0.3) is 0 Å². The fourth-order valence-electron chi connectivity index (χ4n) is 3.46. The van der Waals surface area contributed by atoms with Gasteiger partial charge in [-0.05, 0) is 36.2 Å². The number of nitrogens with zero attached hydrogens (tertiary/aromatic N) is 2. The molecule has 0 bridgehead atoms. The van der Waals surface area contributed by atoms with E-state index in [1.165, 1.54) is 19.0 Å². The Bertz CT molecular complexity index is 945. The molecule has 6 heteroatoms. The zero-order valence-corrected chi connectivity index (χ0v) is 17.2. The number of carbonyl (C=O) groups excluding carboxylic acids is 2. The van der Waals surface area contributed by atoms with Crippen LogP contribution in [-0.2, 0) is 9.59 Å². The summed E-state index contributed by atoms with van der Waals surface area (Å²) in [4.78, 5) is 26.9. The van der Waals surface area contributed by atoms with Gasteiger partial charge in [-0.3, -0.25) is 9.59 Å². The average molecular weight is 406 g/mol. The van der Waals surface area contributed by atoms with E-state index in [1.54, 1.807) is 0 Å². The summed E-state index contributed by atoms with van der Waals surface area (Å²) in [6.07, 6.45) is -2.76. The summed E-state index contributed by atoms with van der Waals surface area (Å²) in [5.41, 5.74) is 2.96. The maximum absolute atomic E-state index is 12.5. The van der Waals surface area contributed by atoms with Crippen LogP contribution in [0.15, 0.2) is 54.6 Å². The van der Waals surface area contributed by atoms with Gasteiger partial charge in [0.2, 0.25) is 0 Å². The van der Waals surface area contributed by atoms with Crippen molar-refractivity contribution in [2.75, 3.05) is 27.2 Å². The summed E-state index contributed by atoms with van der Waals surface area (Å²) >= 11 is 0. The molecule has 0 spiro atoms. The molecule has 2 aromatic carbocycles. The minimum atomic E-state index is -1.76. The predicted octanol–water partition coefficient (Wildman–Crippen LogP) is 1.21. The lowest BCUT2D eigenvalue weighted by molar-refractivity contribution is -0.156. The Balaban J connectivity index is 1.60. The van der Waals surface area contributed by atoms with Gasteiger partial charge in [0.1, 0.15) is 0 Å². The second-order valence-corrected chi connectivity index (χ2v) is 7.63. The summed E-state index contributed by atoms with van der Waals surface area (Å²) in [5.74, 6) is 5.09. The highest BCUT2D eigenvalue weighted by molar-refractivity contribution is 5.90. The van der Waals surface area contributed by atoms with Gasteiger partial charge in [-0.15, -0.1) is 0 Å². The molecule has 6 nitrogen and oxygen atoms in total. The number of likely N-dealkylation sites (tertiary alicyclic amines) is 1. The van der Waals surface area contributed by atoms with Crippen molar-refractivity contribution in [3.63, 3.8) is 0 Å². The largest absolute Gasteiger partial charge is 0.380 e. The fraction of sp³-hybridized carbons (Fsp3) is 0.333. The number of hydrogen-bond acceptors (Lipinski definition) is 4. The van der Waals surface area contributed by atoms with Gasteiger partial charge < -0.3 is 20.0 Å². The quantitative estimate of drug-likeness (QED) is 0.748. The van der Waals surface area contributed by atoms with Crippen molar-refractivity contribution in [1.82, 2.24) is 9.80 Å². The molecule has 1 aliphatic heterocycles. The maximum atomic E-state index is 12.5. The number of aliphatic hydroxyl groups excluding tert-OH is 2. The standard InChI is InChI=1S/C24H26N2O4/c1-25(2)23(29)21(27)22(28)24(30)26-15-14-20(16-26)19-12-10-18(11-13-19)9-8-17-6-4-3-5-7-17/h3-7,10-13,20-22,27-28H,14-16H2,1-2H3/t20?,21-,22-/m1/s1. The Kier molecular flexibility index (Phi) is 6.88. The smallest absolute Gasteiger partial charge is 0.254 e. The van der Waals surface area contributed by atoms with E-state index in [0.29, 0.717) is 13.1 Å². The Labute approximate surface area is 176 Å². The number of hydrogen-bond donors (Lipinski definition) is 2. The van der Waals surface area contributed by atoms with E-state index in [1.807, 2.05) is 54.6 Å². The van der Waals surface area contributed by atoms with Crippen molar-refractivity contribution in [3.8, 4) is 11.8 Å². The summed E-state index contributed by atoms with van der Waals surface area (Å²) < 4.78 is 0. The molecule has 3 rings (SSSR count). The second-order valence-electron chi connectivity index (χ2n) is 7.63. The molecule has 0 aliphatic carbocycles. The first-order valence-electron chi connectivity index (χ1n) is 9.90. The lowest BCUT2D eigenvalue weighted by Crippen LogP contribution is -2.49. The summed E-state index contributed by atoms with van der Waals surface area (Å²) in [5, 5.41) is 20.0. The van der Waals surface area contributed by atoms with Crippen molar-refractivity contribution in [1.29, 1.82) is 0 Å². The van der Waals surface area contributed by atoms with Gasteiger partial charge in [-0.25, -0.2) is 0 Å². The van der Waals surface area contributed by atoms with Crippen LogP contribution in [0.4, 0.5) is 0 Å². The zero-order chi connectivity index (χ0) is 21.7. The van der Waals surface area contributed by atoms with E-state index in [2.05, 4.69) is 11.8 Å². The number of carbonyl (C=O) groups is 2. The second kappa shape index (κ2) is 9.57. The Hall–Kier alpha value is -3.14. The van der Waals surface area contributed by atoms with Crippen LogP contribution in [0.2, 0.25) is 0 Å². The number of aliphatic hydroxyl groups is 2. The third-order valence-corrected chi connectivity index (χ3v) is 5.25. The van der Waals surface area contributed by atoms with Crippen LogP contribution < -0.4 is 0 Å². The lowest BCUT2D eigenvalue weighted by atomic mass is 9.97. The van der Waals surface area contributed by atoms with Crippen molar-refractivity contribution >= 4 is 11.8 Å². The van der Waals surface area contributed by atoms with Crippen molar-refractivity contribution in [2.45, 2.75) is 24.5 Å². The number of benzene rings is 2. The van der Waals surface area contributed by atoms with Crippen molar-refractivity contribution < 1.29 is 19.8 Å². The molecule has 1 saturated heterocycles. The highest BCUT2D eigenvalue weighted by atomic mass is 16.3. The Morgan fingerprint density at radius 1 is 0.967 bits per heavy atom. The molecule has 2 amide bonds. The van der Waals surface area contributed by atoms with Crippen molar-refractivity contribution in [2.24, 2.45) is 0 Å².